The molecule has 1 fully saturated rings. The molecule has 7 heteroatoms. The molecule has 22 heavy (non-hydrogen) atoms. The third kappa shape index (κ3) is 3.26. The van der Waals surface area contributed by atoms with Crippen molar-refractivity contribution in [3.8, 4) is 11.5 Å². The number of methoxy groups -OCH3 is 2. The number of benzene rings is 1. The number of hydrogen-bond donors (Lipinski definition) is 0. The van der Waals surface area contributed by atoms with Gasteiger partial charge in [0.05, 0.1) is 36.5 Å². The first-order chi connectivity index (χ1) is 10.4. The van der Waals surface area contributed by atoms with Crippen LogP contribution < -0.4 is 9.47 Å². The highest BCUT2D eigenvalue weighted by Crippen LogP contribution is 2.41. The van der Waals surface area contributed by atoms with Crippen LogP contribution in [-0.4, -0.2) is 50.3 Å². The van der Waals surface area contributed by atoms with Gasteiger partial charge in [0, 0.05) is 13.1 Å². The van der Waals surface area contributed by atoms with Gasteiger partial charge in [-0.1, -0.05) is 23.2 Å². The lowest BCUT2D eigenvalue weighted by molar-refractivity contribution is -0.0587. The minimum absolute atomic E-state index is 0.0423. The molecule has 0 saturated carbocycles. The molecule has 0 aliphatic carbocycles. The molecule has 0 bridgehead atoms. The van der Waals surface area contributed by atoms with Crippen molar-refractivity contribution >= 4 is 29.1 Å². The molecule has 0 aromatic heterocycles. The van der Waals surface area contributed by atoms with Gasteiger partial charge >= 0.3 is 0 Å². The van der Waals surface area contributed by atoms with E-state index in [4.69, 9.17) is 37.4 Å². The smallest absolute Gasteiger partial charge is 0.261 e. The lowest BCUT2D eigenvalue weighted by atomic mass is 10.1. The molecule has 1 heterocycles. The molecule has 1 aromatic rings. The monoisotopic (exact) mass is 347 g/mol. The van der Waals surface area contributed by atoms with Gasteiger partial charge < -0.3 is 19.1 Å². The van der Waals surface area contributed by atoms with Gasteiger partial charge in [-0.3, -0.25) is 4.79 Å². The summed E-state index contributed by atoms with van der Waals surface area (Å²) in [6, 6.07) is 1.50. The number of morpholine rings is 1. The normalized spacial score (nSPS) is 21.6. The molecule has 2 atom stereocenters. The van der Waals surface area contributed by atoms with Crippen LogP contribution >= 0.6 is 23.2 Å². The zero-order valence-corrected chi connectivity index (χ0v) is 14.5. The topological polar surface area (TPSA) is 48.0 Å². The Morgan fingerprint density at radius 2 is 1.59 bits per heavy atom. The lowest BCUT2D eigenvalue weighted by Gasteiger charge is -2.35. The first-order valence-electron chi connectivity index (χ1n) is 6.93. The van der Waals surface area contributed by atoms with Gasteiger partial charge in [0.15, 0.2) is 11.5 Å². The van der Waals surface area contributed by atoms with E-state index in [1.165, 1.54) is 20.3 Å². The molecule has 1 amide bonds. The fourth-order valence-corrected chi connectivity index (χ4v) is 3.30. The van der Waals surface area contributed by atoms with Crippen LogP contribution in [0.25, 0.3) is 0 Å². The van der Waals surface area contributed by atoms with E-state index in [9.17, 15) is 4.79 Å². The summed E-state index contributed by atoms with van der Waals surface area (Å²) in [5, 5.41) is 0.539. The molecule has 5 nitrogen and oxygen atoms in total. The summed E-state index contributed by atoms with van der Waals surface area (Å²) in [7, 11) is 2.91. The molecule has 1 aromatic carbocycles. The molecule has 0 radical (unpaired) electrons. The van der Waals surface area contributed by atoms with Gasteiger partial charge in [-0.2, -0.15) is 0 Å². The molecule has 1 aliphatic rings. The second-order valence-corrected chi connectivity index (χ2v) is 6.06. The van der Waals surface area contributed by atoms with Crippen molar-refractivity contribution in [1.29, 1.82) is 0 Å². The van der Waals surface area contributed by atoms with Crippen molar-refractivity contribution in [3.05, 3.63) is 21.7 Å². The average Bonchev–Trinajstić information content (AvgIpc) is 2.44. The Balaban J connectivity index is 2.48. The Labute approximate surface area is 140 Å². The third-order valence-corrected chi connectivity index (χ3v) is 4.03. The van der Waals surface area contributed by atoms with Crippen LogP contribution in [-0.2, 0) is 4.74 Å². The van der Waals surface area contributed by atoms with E-state index in [2.05, 4.69) is 0 Å². The molecule has 0 N–H and O–H groups in total. The van der Waals surface area contributed by atoms with Crippen LogP contribution in [0.2, 0.25) is 10.0 Å². The Hall–Kier alpha value is -1.17. The van der Waals surface area contributed by atoms with Crippen molar-refractivity contribution in [2.24, 2.45) is 0 Å². The Morgan fingerprint density at radius 1 is 1.14 bits per heavy atom. The van der Waals surface area contributed by atoms with E-state index in [0.717, 1.165) is 0 Å². The van der Waals surface area contributed by atoms with Crippen molar-refractivity contribution in [2.45, 2.75) is 26.1 Å². The molecular formula is C15H19Cl2NO4. The maximum absolute atomic E-state index is 12.9. The number of amides is 1. The van der Waals surface area contributed by atoms with E-state index in [-0.39, 0.29) is 45.2 Å². The van der Waals surface area contributed by atoms with Crippen LogP contribution in [0.3, 0.4) is 0 Å². The standard InChI is InChI=1S/C15H19Cl2NO4/c1-8-6-18(7-9(2)22-8)15(19)12-13(20-3)10(16)5-11(17)14(12)21-4/h5,8-9H,6-7H2,1-4H3/t8-,9+. The number of carbonyl (C=O) groups is 1. The minimum atomic E-state index is -0.236. The number of halogens is 2. The van der Waals surface area contributed by atoms with E-state index in [0.29, 0.717) is 13.1 Å². The summed E-state index contributed by atoms with van der Waals surface area (Å²) in [5.41, 5.74) is 0.240. The summed E-state index contributed by atoms with van der Waals surface area (Å²) in [5.74, 6) is 0.291. The zero-order valence-electron chi connectivity index (χ0n) is 13.0. The molecule has 122 valence electrons. The van der Waals surface area contributed by atoms with Crippen LogP contribution in [0, 0.1) is 0 Å². The number of ether oxygens (including phenoxy) is 3. The van der Waals surface area contributed by atoms with E-state index < -0.39 is 0 Å². The summed E-state index contributed by atoms with van der Waals surface area (Å²) >= 11 is 12.3. The van der Waals surface area contributed by atoms with Gasteiger partial charge in [-0.05, 0) is 19.9 Å². The Kier molecular flexibility index (Phi) is 5.42. The van der Waals surface area contributed by atoms with Crippen molar-refractivity contribution in [1.82, 2.24) is 4.90 Å². The molecule has 0 unspecified atom stereocenters. The van der Waals surface area contributed by atoms with Gasteiger partial charge in [0.1, 0.15) is 5.56 Å². The highest BCUT2D eigenvalue weighted by atomic mass is 35.5. The Morgan fingerprint density at radius 3 is 2.00 bits per heavy atom. The Bertz CT molecular complexity index is 541. The van der Waals surface area contributed by atoms with E-state index in [1.54, 1.807) is 4.90 Å². The van der Waals surface area contributed by atoms with Crippen LogP contribution in [0.4, 0.5) is 0 Å². The number of nitrogens with zero attached hydrogens (tertiary/aromatic N) is 1. The number of hydrogen-bond acceptors (Lipinski definition) is 4. The lowest BCUT2D eigenvalue weighted by Crippen LogP contribution is -2.48. The quantitative estimate of drug-likeness (QED) is 0.841. The van der Waals surface area contributed by atoms with Gasteiger partial charge in [-0.15, -0.1) is 0 Å². The number of rotatable bonds is 3. The predicted molar refractivity (Wildman–Crippen MR) is 85.5 cm³/mol. The van der Waals surface area contributed by atoms with Crippen LogP contribution in [0.1, 0.15) is 24.2 Å². The average molecular weight is 348 g/mol. The second-order valence-electron chi connectivity index (χ2n) is 5.25. The predicted octanol–water partition coefficient (Wildman–Crippen LogP) is 3.26. The molecule has 0 spiro atoms. The summed E-state index contributed by atoms with van der Waals surface area (Å²) in [6.07, 6.45) is -0.0845. The molecule has 1 aliphatic heterocycles. The fraction of sp³-hybridized carbons (Fsp3) is 0.533. The number of carbonyl (C=O) groups excluding carboxylic acids is 1. The summed E-state index contributed by atoms with van der Waals surface area (Å²) in [4.78, 5) is 14.6. The molecule has 1 saturated heterocycles. The molecular weight excluding hydrogens is 329 g/mol. The highest BCUT2D eigenvalue weighted by molar-refractivity contribution is 6.37. The second kappa shape index (κ2) is 6.94. The van der Waals surface area contributed by atoms with Crippen LogP contribution in [0.15, 0.2) is 6.07 Å². The molecule has 2 rings (SSSR count). The maximum atomic E-state index is 12.9. The van der Waals surface area contributed by atoms with Crippen molar-refractivity contribution < 1.29 is 19.0 Å². The maximum Gasteiger partial charge on any atom is 0.261 e. The first kappa shape index (κ1) is 17.2. The largest absolute Gasteiger partial charge is 0.494 e. The minimum Gasteiger partial charge on any atom is -0.494 e. The summed E-state index contributed by atoms with van der Waals surface area (Å²) in [6.45, 7) is 4.82. The fourth-order valence-electron chi connectivity index (χ4n) is 2.68. The van der Waals surface area contributed by atoms with Gasteiger partial charge in [0.2, 0.25) is 0 Å². The third-order valence-electron chi connectivity index (χ3n) is 3.47. The summed E-state index contributed by atoms with van der Waals surface area (Å²) < 4.78 is 16.2. The van der Waals surface area contributed by atoms with E-state index in [1.807, 2.05) is 13.8 Å². The SMILES string of the molecule is COc1c(Cl)cc(Cl)c(OC)c1C(=O)N1C[C@@H](C)O[C@@H](C)C1. The van der Waals surface area contributed by atoms with Crippen LogP contribution in [0.5, 0.6) is 11.5 Å². The zero-order chi connectivity index (χ0) is 16.4. The highest BCUT2D eigenvalue weighted by Gasteiger charge is 2.32. The van der Waals surface area contributed by atoms with Gasteiger partial charge in [-0.25, -0.2) is 0 Å². The van der Waals surface area contributed by atoms with Crippen molar-refractivity contribution in [2.75, 3.05) is 27.3 Å². The van der Waals surface area contributed by atoms with Crippen molar-refractivity contribution in [3.63, 3.8) is 0 Å². The van der Waals surface area contributed by atoms with Gasteiger partial charge in [0.25, 0.3) is 5.91 Å². The van der Waals surface area contributed by atoms with E-state index >= 15 is 0 Å². The first-order valence-corrected chi connectivity index (χ1v) is 7.69.